The summed E-state index contributed by atoms with van der Waals surface area (Å²) in [6, 6.07) is 15.9. The Balaban J connectivity index is 1.36. The normalized spacial score (nSPS) is 24.1. The van der Waals surface area contributed by atoms with Gasteiger partial charge in [-0.15, -0.1) is 11.3 Å². The van der Waals surface area contributed by atoms with Gasteiger partial charge in [-0.2, -0.15) is 0 Å². The zero-order chi connectivity index (χ0) is 24.9. The second-order valence-electron chi connectivity index (χ2n) is 7.81. The van der Waals surface area contributed by atoms with E-state index in [4.69, 9.17) is 25.8 Å². The van der Waals surface area contributed by atoms with E-state index in [9.17, 15) is 24.9 Å². The van der Waals surface area contributed by atoms with Crippen LogP contribution in [0.3, 0.4) is 0 Å². The number of ether oxygens (including phenoxy) is 3. The number of aliphatic hydroxyl groups excluding tert-OH is 3. The van der Waals surface area contributed by atoms with Crippen LogP contribution in [0.1, 0.15) is 11.3 Å². The van der Waals surface area contributed by atoms with E-state index in [1.54, 1.807) is 60.0 Å². The van der Waals surface area contributed by atoms with Crippen LogP contribution < -0.4 is 0 Å². The number of hydrogen-bond donors (Lipinski definition) is 3. The SMILES string of the molecule is O=C(Cc1cs[14c](-c2ccc(Cl)cc2)n1)O[C@@H]1O[C@H](C(=O)OCc2ccccc2)[C@@H](O)[C@H](O)[C@H]1O. The molecule has 0 amide bonds. The predicted molar refractivity (Wildman–Crippen MR) is 125 cm³/mol. The first kappa shape index (κ1) is 25.2. The largest absolute Gasteiger partial charge is 0.459 e. The molecule has 35 heavy (non-hydrogen) atoms. The van der Waals surface area contributed by atoms with E-state index in [2.05, 4.69) is 4.98 Å². The minimum absolute atomic E-state index is 0.0882. The Morgan fingerprint density at radius 1 is 1.03 bits per heavy atom. The van der Waals surface area contributed by atoms with E-state index in [1.807, 2.05) is 0 Å². The van der Waals surface area contributed by atoms with E-state index in [0.29, 0.717) is 21.3 Å². The van der Waals surface area contributed by atoms with Crippen LogP contribution >= 0.6 is 22.9 Å². The van der Waals surface area contributed by atoms with Crippen molar-refractivity contribution in [3.8, 4) is 10.6 Å². The molecule has 4 rings (SSSR count). The predicted octanol–water partition coefficient (Wildman–Crippen LogP) is 2.10. The molecule has 1 saturated heterocycles. The number of thiazole rings is 1. The summed E-state index contributed by atoms with van der Waals surface area (Å²) in [5, 5.41) is 33.5. The molecule has 2 aromatic carbocycles. The molecule has 0 aliphatic carbocycles. The molecule has 3 aromatic rings. The Bertz CT molecular complexity index is 1160. The van der Waals surface area contributed by atoms with Gasteiger partial charge in [-0.25, -0.2) is 9.78 Å². The molecule has 0 unspecified atom stereocenters. The zero-order valence-electron chi connectivity index (χ0n) is 18.2. The number of nitrogens with zero attached hydrogens (tertiary/aromatic N) is 1. The van der Waals surface area contributed by atoms with Gasteiger partial charge in [0.2, 0.25) is 6.29 Å². The average Bonchev–Trinajstić information content (AvgIpc) is 3.32. The first-order valence-electron chi connectivity index (χ1n) is 10.6. The molecule has 0 radical (unpaired) electrons. The summed E-state index contributed by atoms with van der Waals surface area (Å²) < 4.78 is 15.6. The molecule has 1 aliphatic rings. The first-order valence-corrected chi connectivity index (χ1v) is 11.9. The van der Waals surface area contributed by atoms with Crippen molar-refractivity contribution in [2.45, 2.75) is 43.7 Å². The van der Waals surface area contributed by atoms with E-state index >= 15 is 0 Å². The fourth-order valence-corrected chi connectivity index (χ4v) is 4.34. The molecular weight excluding hydrogens is 500 g/mol. The van der Waals surface area contributed by atoms with Gasteiger partial charge < -0.3 is 29.5 Å². The Morgan fingerprint density at radius 2 is 1.74 bits per heavy atom. The van der Waals surface area contributed by atoms with Gasteiger partial charge in [-0.05, 0) is 17.7 Å². The van der Waals surface area contributed by atoms with Crippen LogP contribution in [0.4, 0.5) is 0 Å². The van der Waals surface area contributed by atoms with Crippen molar-refractivity contribution in [2.75, 3.05) is 0 Å². The molecule has 5 atom stereocenters. The molecule has 0 saturated carbocycles. The van der Waals surface area contributed by atoms with Crippen LogP contribution in [-0.2, 0) is 36.8 Å². The van der Waals surface area contributed by atoms with Crippen LogP contribution in [0.25, 0.3) is 10.6 Å². The highest BCUT2D eigenvalue weighted by atomic mass is 35.5. The van der Waals surface area contributed by atoms with E-state index in [1.165, 1.54) is 11.3 Å². The number of halogens is 1. The van der Waals surface area contributed by atoms with E-state index in [0.717, 1.165) is 5.56 Å². The number of benzene rings is 2. The standard InChI is InChI=1S/C24H22ClNO8S/c25-15-8-6-14(7-9-15)22-26-16(12-35-22)10-17(27)33-24-20(30)18(28)19(29)21(34-24)23(31)32-11-13-4-2-1-3-5-13/h1-9,12,18-21,24,28-30H,10-11H2/t18-,19-,20+,21-,24+/m0/s1/i22+2. The molecule has 1 aliphatic heterocycles. The monoisotopic (exact) mass is 521 g/mol. The highest BCUT2D eigenvalue weighted by molar-refractivity contribution is 7.13. The molecule has 0 spiro atoms. The molecule has 3 N–H and O–H groups in total. The van der Waals surface area contributed by atoms with Crippen molar-refractivity contribution in [2.24, 2.45) is 0 Å². The second kappa shape index (κ2) is 11.3. The zero-order valence-corrected chi connectivity index (χ0v) is 19.8. The molecule has 9 nitrogen and oxygen atoms in total. The Hall–Kier alpha value is -2.86. The topological polar surface area (TPSA) is 135 Å². The summed E-state index contributed by atoms with van der Waals surface area (Å²) in [4.78, 5) is 29.3. The average molecular weight is 522 g/mol. The molecule has 184 valence electrons. The fraction of sp³-hybridized carbons (Fsp3) is 0.292. The van der Waals surface area contributed by atoms with Crippen LogP contribution in [0.15, 0.2) is 60.0 Å². The minimum Gasteiger partial charge on any atom is -0.459 e. The summed E-state index contributed by atoms with van der Waals surface area (Å²) in [5.74, 6) is -1.78. The van der Waals surface area contributed by atoms with E-state index < -0.39 is 42.6 Å². The van der Waals surface area contributed by atoms with Crippen molar-refractivity contribution >= 4 is 34.9 Å². The molecule has 1 fully saturated rings. The molecule has 2 heterocycles. The summed E-state index contributed by atoms with van der Waals surface area (Å²) in [6.07, 6.45) is -8.93. The van der Waals surface area contributed by atoms with E-state index in [-0.39, 0.29) is 13.0 Å². The lowest BCUT2D eigenvalue weighted by Crippen LogP contribution is -2.61. The third-order valence-electron chi connectivity index (χ3n) is 5.24. The second-order valence-corrected chi connectivity index (χ2v) is 9.10. The van der Waals surface area contributed by atoms with Gasteiger partial charge in [0.15, 0.2) is 6.10 Å². The van der Waals surface area contributed by atoms with Gasteiger partial charge in [0, 0.05) is 16.0 Å². The van der Waals surface area contributed by atoms with Crippen molar-refractivity contribution < 1.29 is 39.1 Å². The summed E-state index contributed by atoms with van der Waals surface area (Å²) in [6.45, 7) is -0.0882. The Morgan fingerprint density at radius 3 is 2.46 bits per heavy atom. The fourth-order valence-electron chi connectivity index (χ4n) is 3.38. The number of aromatic nitrogens is 1. The lowest BCUT2D eigenvalue weighted by atomic mass is 9.99. The van der Waals surface area contributed by atoms with Gasteiger partial charge in [0.25, 0.3) is 0 Å². The van der Waals surface area contributed by atoms with Gasteiger partial charge >= 0.3 is 11.9 Å². The molecular formula is C24H22ClNO8S. The number of rotatable bonds is 7. The summed E-state index contributed by atoms with van der Waals surface area (Å²) in [7, 11) is 0. The summed E-state index contributed by atoms with van der Waals surface area (Å²) >= 11 is 7.23. The number of esters is 2. The van der Waals surface area contributed by atoms with Crippen molar-refractivity contribution in [3.63, 3.8) is 0 Å². The maximum absolute atomic E-state index is 12.5. The van der Waals surface area contributed by atoms with Gasteiger partial charge in [0.05, 0.1) is 12.1 Å². The van der Waals surface area contributed by atoms with Crippen LogP contribution in [0.2, 0.25) is 5.02 Å². The summed E-state index contributed by atoms with van der Waals surface area (Å²) in [5.41, 5.74) is 1.96. The third kappa shape index (κ3) is 6.23. The Kier molecular flexibility index (Phi) is 8.11. The minimum atomic E-state index is -1.80. The Labute approximate surface area is 209 Å². The van der Waals surface area contributed by atoms with Crippen molar-refractivity contribution in [1.82, 2.24) is 4.98 Å². The first-order chi connectivity index (χ1) is 16.8. The van der Waals surface area contributed by atoms with Gasteiger partial charge in [-0.3, -0.25) is 4.79 Å². The third-order valence-corrected chi connectivity index (χ3v) is 6.43. The van der Waals surface area contributed by atoms with Gasteiger partial charge in [-0.1, -0.05) is 54.1 Å². The van der Waals surface area contributed by atoms with Crippen LogP contribution in [-0.4, -0.2) is 62.9 Å². The lowest BCUT2D eigenvalue weighted by Gasteiger charge is -2.38. The number of carbonyl (C=O) groups excluding carboxylic acids is 2. The highest BCUT2D eigenvalue weighted by Crippen LogP contribution is 2.27. The van der Waals surface area contributed by atoms with Crippen molar-refractivity contribution in [3.05, 3.63) is 76.3 Å². The maximum Gasteiger partial charge on any atom is 0.338 e. The highest BCUT2D eigenvalue weighted by Gasteiger charge is 2.49. The van der Waals surface area contributed by atoms with Gasteiger partial charge in [0.1, 0.15) is 29.9 Å². The molecule has 0 bridgehead atoms. The lowest BCUT2D eigenvalue weighted by molar-refractivity contribution is -0.287. The number of aliphatic hydroxyl groups is 3. The van der Waals surface area contributed by atoms with Crippen LogP contribution in [0.5, 0.6) is 0 Å². The molecule has 11 heteroatoms. The number of carbonyl (C=O) groups is 2. The van der Waals surface area contributed by atoms with Crippen molar-refractivity contribution in [1.29, 1.82) is 0 Å². The number of hydrogen-bond acceptors (Lipinski definition) is 10. The maximum atomic E-state index is 12.5. The van der Waals surface area contributed by atoms with Crippen LogP contribution in [0, 0.1) is 0 Å². The molecule has 1 aromatic heterocycles. The smallest absolute Gasteiger partial charge is 0.338 e. The quantitative estimate of drug-likeness (QED) is 0.399.